The Bertz CT molecular complexity index is 682. The zero-order valence-electron chi connectivity index (χ0n) is 18.9. The summed E-state index contributed by atoms with van der Waals surface area (Å²) in [5.41, 5.74) is 2.06. The van der Waals surface area contributed by atoms with E-state index >= 15 is 0 Å². The van der Waals surface area contributed by atoms with Gasteiger partial charge in [-0.3, -0.25) is 0 Å². The highest BCUT2D eigenvalue weighted by molar-refractivity contribution is 5.43. The average Bonchev–Trinajstić information content (AvgIpc) is 2.99. The van der Waals surface area contributed by atoms with Gasteiger partial charge in [-0.1, -0.05) is 66.0 Å². The standard InChI is InChI=1S/C27H42O/c1-18(2)7-6-8-19(3)23-11-12-24-22-10-9-20-17-21(28)13-15-26(20,4)25(22)14-16-27(23,24)5/h9,13,15,17-19,22-25,28H,6-8,10-12,14,16H2,1-5H3/t19-,22+,23-,24+,25+,26+,27-/m1/s1. The van der Waals surface area contributed by atoms with Crippen LogP contribution in [0.5, 0.6) is 0 Å². The highest BCUT2D eigenvalue weighted by Gasteiger charge is 2.58. The Morgan fingerprint density at radius 1 is 1.07 bits per heavy atom. The van der Waals surface area contributed by atoms with Crippen molar-refractivity contribution in [3.05, 3.63) is 35.6 Å². The van der Waals surface area contributed by atoms with Crippen molar-refractivity contribution in [2.24, 2.45) is 46.3 Å². The summed E-state index contributed by atoms with van der Waals surface area (Å²) in [6, 6.07) is 0. The maximum Gasteiger partial charge on any atom is 0.115 e. The maximum atomic E-state index is 9.98. The van der Waals surface area contributed by atoms with E-state index < -0.39 is 0 Å². The molecule has 1 heteroatoms. The van der Waals surface area contributed by atoms with Crippen LogP contribution in [0.2, 0.25) is 0 Å². The van der Waals surface area contributed by atoms with E-state index in [0.717, 1.165) is 35.5 Å². The van der Waals surface area contributed by atoms with E-state index in [1.54, 1.807) is 0 Å². The Kier molecular flexibility index (Phi) is 5.34. The number of hydrogen-bond acceptors (Lipinski definition) is 1. The Morgan fingerprint density at radius 2 is 1.86 bits per heavy atom. The second-order valence-corrected chi connectivity index (χ2v) is 11.5. The number of rotatable bonds is 5. The topological polar surface area (TPSA) is 20.2 Å². The minimum atomic E-state index is 0.136. The van der Waals surface area contributed by atoms with E-state index in [0.29, 0.717) is 11.2 Å². The van der Waals surface area contributed by atoms with Crippen LogP contribution >= 0.6 is 0 Å². The molecule has 0 aromatic rings. The second-order valence-electron chi connectivity index (χ2n) is 11.5. The van der Waals surface area contributed by atoms with Gasteiger partial charge < -0.3 is 5.11 Å². The van der Waals surface area contributed by atoms with Crippen LogP contribution < -0.4 is 0 Å². The summed E-state index contributed by atoms with van der Waals surface area (Å²) in [6.07, 6.45) is 19.9. The largest absolute Gasteiger partial charge is 0.508 e. The Balaban J connectivity index is 1.52. The summed E-state index contributed by atoms with van der Waals surface area (Å²) in [4.78, 5) is 0. The van der Waals surface area contributed by atoms with Gasteiger partial charge in [-0.05, 0) is 90.8 Å². The smallest absolute Gasteiger partial charge is 0.115 e. The van der Waals surface area contributed by atoms with Crippen molar-refractivity contribution in [2.75, 3.05) is 0 Å². The third-order valence-corrected chi connectivity index (χ3v) is 9.54. The second kappa shape index (κ2) is 7.37. The van der Waals surface area contributed by atoms with Gasteiger partial charge in [-0.25, -0.2) is 0 Å². The lowest BCUT2D eigenvalue weighted by molar-refractivity contribution is -0.0321. The predicted molar refractivity (Wildman–Crippen MR) is 119 cm³/mol. The molecule has 0 amide bonds. The fourth-order valence-corrected chi connectivity index (χ4v) is 7.98. The lowest BCUT2D eigenvalue weighted by Gasteiger charge is -2.56. The third-order valence-electron chi connectivity index (χ3n) is 9.54. The molecule has 2 saturated carbocycles. The van der Waals surface area contributed by atoms with Crippen LogP contribution in [0.4, 0.5) is 0 Å². The Hall–Kier alpha value is -0.980. The van der Waals surface area contributed by atoms with Crippen LogP contribution in [0.1, 0.15) is 86.0 Å². The molecular weight excluding hydrogens is 340 g/mol. The van der Waals surface area contributed by atoms with Crippen molar-refractivity contribution in [3.63, 3.8) is 0 Å². The first kappa shape index (κ1) is 20.3. The molecule has 0 bridgehead atoms. The molecule has 0 spiro atoms. The summed E-state index contributed by atoms with van der Waals surface area (Å²) in [5, 5.41) is 9.98. The zero-order chi connectivity index (χ0) is 20.1. The Labute approximate surface area is 173 Å². The molecule has 156 valence electrons. The number of fused-ring (bicyclic) bond motifs is 5. The predicted octanol–water partition coefficient (Wildman–Crippen LogP) is 7.86. The lowest BCUT2D eigenvalue weighted by Crippen LogP contribution is -2.49. The monoisotopic (exact) mass is 382 g/mol. The van der Waals surface area contributed by atoms with E-state index in [-0.39, 0.29) is 5.41 Å². The normalized spacial score (nSPS) is 43.1. The van der Waals surface area contributed by atoms with Gasteiger partial charge in [0.05, 0.1) is 0 Å². The quantitative estimate of drug-likeness (QED) is 0.513. The molecule has 0 saturated heterocycles. The van der Waals surface area contributed by atoms with E-state index in [2.05, 4.69) is 46.8 Å². The minimum absolute atomic E-state index is 0.136. The van der Waals surface area contributed by atoms with Crippen LogP contribution in [0.25, 0.3) is 0 Å². The van der Waals surface area contributed by atoms with E-state index in [9.17, 15) is 5.11 Å². The molecule has 1 nitrogen and oxygen atoms in total. The van der Waals surface area contributed by atoms with Gasteiger partial charge in [0.25, 0.3) is 0 Å². The van der Waals surface area contributed by atoms with Crippen LogP contribution in [0.15, 0.2) is 35.6 Å². The minimum Gasteiger partial charge on any atom is -0.508 e. The Morgan fingerprint density at radius 3 is 2.61 bits per heavy atom. The zero-order valence-corrected chi connectivity index (χ0v) is 18.9. The summed E-state index contributed by atoms with van der Waals surface area (Å²) in [6.45, 7) is 12.4. The van der Waals surface area contributed by atoms with Crippen molar-refractivity contribution in [3.8, 4) is 0 Å². The van der Waals surface area contributed by atoms with Gasteiger partial charge in [0, 0.05) is 5.41 Å². The molecular formula is C27H42O. The van der Waals surface area contributed by atoms with Gasteiger partial charge in [0.15, 0.2) is 0 Å². The molecule has 4 aliphatic rings. The number of aliphatic hydroxyl groups is 1. The molecule has 0 unspecified atom stereocenters. The number of allylic oxidation sites excluding steroid dienone is 5. The average molecular weight is 383 g/mol. The van der Waals surface area contributed by atoms with Crippen molar-refractivity contribution >= 4 is 0 Å². The summed E-state index contributed by atoms with van der Waals surface area (Å²) in [5.74, 6) is 5.56. The van der Waals surface area contributed by atoms with E-state index in [1.165, 1.54) is 56.9 Å². The van der Waals surface area contributed by atoms with Crippen molar-refractivity contribution in [2.45, 2.75) is 86.0 Å². The van der Waals surface area contributed by atoms with Crippen LogP contribution in [-0.2, 0) is 0 Å². The van der Waals surface area contributed by atoms with Gasteiger partial charge in [-0.15, -0.1) is 0 Å². The fraction of sp³-hybridized carbons (Fsp3) is 0.778. The molecule has 1 N–H and O–H groups in total. The molecule has 4 aliphatic carbocycles. The highest BCUT2D eigenvalue weighted by atomic mass is 16.3. The van der Waals surface area contributed by atoms with Gasteiger partial charge >= 0.3 is 0 Å². The van der Waals surface area contributed by atoms with Gasteiger partial charge in [0.1, 0.15) is 5.76 Å². The van der Waals surface area contributed by atoms with Crippen molar-refractivity contribution in [1.29, 1.82) is 0 Å². The first-order valence-electron chi connectivity index (χ1n) is 12.1. The molecule has 28 heavy (non-hydrogen) atoms. The van der Waals surface area contributed by atoms with Gasteiger partial charge in [0.2, 0.25) is 0 Å². The molecule has 2 fully saturated rings. The van der Waals surface area contributed by atoms with Crippen LogP contribution in [-0.4, -0.2) is 5.11 Å². The SMILES string of the molecule is CC(C)CCC[C@@H](C)[C@H]1CC[C@H]2[C@@H]3CC=C4C=C(O)C=C[C@]4(C)[C@H]3CC[C@]12C. The molecule has 0 radical (unpaired) electrons. The lowest BCUT2D eigenvalue weighted by atomic mass is 9.48. The maximum absolute atomic E-state index is 9.98. The molecule has 7 atom stereocenters. The molecule has 4 rings (SSSR count). The third kappa shape index (κ3) is 3.21. The molecule has 0 aromatic carbocycles. The first-order chi connectivity index (χ1) is 13.3. The van der Waals surface area contributed by atoms with Crippen molar-refractivity contribution < 1.29 is 5.11 Å². The molecule has 0 aliphatic heterocycles. The summed E-state index contributed by atoms with van der Waals surface area (Å²) >= 11 is 0. The van der Waals surface area contributed by atoms with Crippen molar-refractivity contribution in [1.82, 2.24) is 0 Å². The summed E-state index contributed by atoms with van der Waals surface area (Å²) in [7, 11) is 0. The summed E-state index contributed by atoms with van der Waals surface area (Å²) < 4.78 is 0. The molecule has 0 aromatic heterocycles. The fourth-order valence-electron chi connectivity index (χ4n) is 7.98. The van der Waals surface area contributed by atoms with Crippen LogP contribution in [0.3, 0.4) is 0 Å². The van der Waals surface area contributed by atoms with Gasteiger partial charge in [-0.2, -0.15) is 0 Å². The first-order valence-corrected chi connectivity index (χ1v) is 12.1. The number of hydrogen-bond donors (Lipinski definition) is 1. The highest BCUT2D eigenvalue weighted by Crippen LogP contribution is 2.66. The number of aliphatic hydroxyl groups excluding tert-OH is 1. The van der Waals surface area contributed by atoms with E-state index in [4.69, 9.17) is 0 Å². The van der Waals surface area contributed by atoms with E-state index in [1.807, 2.05) is 12.2 Å². The molecule has 0 heterocycles. The van der Waals surface area contributed by atoms with Crippen LogP contribution in [0, 0.1) is 46.3 Å².